The Balaban J connectivity index is 1.40. The molecule has 5 rings (SSSR count). The van der Waals surface area contributed by atoms with Crippen LogP contribution in [-0.2, 0) is 34.0 Å². The van der Waals surface area contributed by atoms with Crippen molar-refractivity contribution in [3.05, 3.63) is 64.6 Å². The number of carbonyl (C=O) groups is 3. The van der Waals surface area contributed by atoms with Crippen molar-refractivity contribution in [2.75, 3.05) is 26.3 Å². The van der Waals surface area contributed by atoms with E-state index >= 15 is 0 Å². The van der Waals surface area contributed by atoms with Crippen molar-refractivity contribution < 1.29 is 34.8 Å². The molecule has 1 atom stereocenters. The Bertz CT molecular complexity index is 1420. The quantitative estimate of drug-likeness (QED) is 0.667. The van der Waals surface area contributed by atoms with Crippen LogP contribution in [0.1, 0.15) is 50.8 Å². The summed E-state index contributed by atoms with van der Waals surface area (Å²) < 4.78 is 77.5. The lowest BCUT2D eigenvalue weighted by atomic mass is 10.0. The molecular weight excluding hydrogens is 422 g/mol. The molecule has 3 amide bonds. The van der Waals surface area contributed by atoms with Crippen LogP contribution < -0.4 is 10.1 Å². The molecule has 2 saturated heterocycles. The number of benzene rings is 2. The summed E-state index contributed by atoms with van der Waals surface area (Å²) in [7, 11) is 0. The molecule has 0 aromatic heterocycles. The van der Waals surface area contributed by atoms with E-state index in [2.05, 4.69) is 0 Å². The predicted octanol–water partition coefficient (Wildman–Crippen LogP) is 1.86. The molecule has 3 aliphatic heterocycles. The van der Waals surface area contributed by atoms with E-state index in [1.165, 1.54) is 18.2 Å². The summed E-state index contributed by atoms with van der Waals surface area (Å²) in [6, 6.07) is 1.66. The number of rotatable bonds is 6. The zero-order valence-electron chi connectivity index (χ0n) is 25.7. The van der Waals surface area contributed by atoms with Gasteiger partial charge in [0.15, 0.2) is 0 Å². The van der Waals surface area contributed by atoms with Gasteiger partial charge in [0, 0.05) is 42.6 Å². The molecule has 0 spiro atoms. The molecule has 2 fully saturated rings. The molecule has 0 radical (unpaired) electrons. The molecule has 3 aliphatic rings. The average molecular weight is 458 g/mol. The van der Waals surface area contributed by atoms with Crippen LogP contribution in [0.4, 0.5) is 0 Å². The second kappa shape index (κ2) is 9.33. The van der Waals surface area contributed by atoms with Gasteiger partial charge in [0.05, 0.1) is 25.2 Å². The summed E-state index contributed by atoms with van der Waals surface area (Å²) in [4.78, 5) is 40.7. The molecule has 0 bridgehead atoms. The van der Waals surface area contributed by atoms with Gasteiger partial charge in [-0.1, -0.05) is 30.2 Å². The first-order valence-electron chi connectivity index (χ1n) is 14.6. The third-order valence-electron chi connectivity index (χ3n) is 5.66. The number of fused-ring (bicyclic) bond motifs is 1. The Morgan fingerprint density at radius 3 is 2.67 bits per heavy atom. The van der Waals surface area contributed by atoms with Gasteiger partial charge in [0.25, 0.3) is 5.91 Å². The van der Waals surface area contributed by atoms with E-state index in [1.54, 1.807) is 0 Å². The SMILES string of the molecule is [2H]c1c([2H])c(CN2CCOCC2)c([2H])c([2H])c1COc1cccc2c1CN([C@@H]1C(=O)NC(=O)C([2H])([2H])C1([2H])[2H])C2=O. The number of nitrogens with zero attached hydrogens (tertiary/aromatic N) is 2. The minimum atomic E-state index is -3.08. The van der Waals surface area contributed by atoms with E-state index in [4.69, 9.17) is 20.4 Å². The van der Waals surface area contributed by atoms with Crippen molar-refractivity contribution in [1.82, 2.24) is 15.1 Å². The fourth-order valence-corrected chi connectivity index (χ4v) is 3.95. The molecular formula is C25H27N3O5. The normalized spacial score (nSPS) is 27.7. The lowest BCUT2D eigenvalue weighted by Gasteiger charge is -2.29. The number of carbonyl (C=O) groups excluding carboxylic acids is 3. The van der Waals surface area contributed by atoms with E-state index < -0.39 is 36.5 Å². The van der Waals surface area contributed by atoms with E-state index in [1.807, 2.05) is 10.2 Å². The van der Waals surface area contributed by atoms with Crippen LogP contribution >= 0.6 is 0 Å². The second-order valence-electron chi connectivity index (χ2n) is 7.84. The summed E-state index contributed by atoms with van der Waals surface area (Å²) in [5, 5.41) is 1.81. The van der Waals surface area contributed by atoms with Crippen LogP contribution in [0.25, 0.3) is 0 Å². The van der Waals surface area contributed by atoms with Crippen molar-refractivity contribution in [3.8, 4) is 5.75 Å². The average Bonchev–Trinajstić information content (AvgIpc) is 3.26. The topological polar surface area (TPSA) is 88.2 Å². The van der Waals surface area contributed by atoms with Crippen molar-refractivity contribution in [2.45, 2.75) is 38.5 Å². The smallest absolute Gasteiger partial charge is 0.255 e. The Morgan fingerprint density at radius 1 is 1.12 bits per heavy atom. The zero-order valence-corrected chi connectivity index (χ0v) is 17.7. The molecule has 1 N–H and O–H groups in total. The fourth-order valence-electron chi connectivity index (χ4n) is 3.95. The largest absolute Gasteiger partial charge is 0.489 e. The zero-order chi connectivity index (χ0) is 29.9. The molecule has 3 heterocycles. The van der Waals surface area contributed by atoms with Gasteiger partial charge in [-0.15, -0.1) is 0 Å². The fraction of sp³-hybridized carbons (Fsp3) is 0.400. The third kappa shape index (κ3) is 4.62. The van der Waals surface area contributed by atoms with Gasteiger partial charge in [-0.05, 0) is 29.6 Å². The Hall–Kier alpha value is -3.23. The number of hydrogen-bond acceptors (Lipinski definition) is 6. The summed E-state index contributed by atoms with van der Waals surface area (Å²) in [6.45, 7) is 1.84. The first-order chi connectivity index (χ1) is 19.3. The van der Waals surface area contributed by atoms with Crippen molar-refractivity contribution in [3.63, 3.8) is 0 Å². The van der Waals surface area contributed by atoms with Gasteiger partial charge in [-0.3, -0.25) is 24.6 Å². The van der Waals surface area contributed by atoms with Gasteiger partial charge >= 0.3 is 0 Å². The highest BCUT2D eigenvalue weighted by molar-refractivity contribution is 6.05. The minimum Gasteiger partial charge on any atom is -0.489 e. The van der Waals surface area contributed by atoms with Crippen molar-refractivity contribution in [2.24, 2.45) is 0 Å². The first kappa shape index (κ1) is 14.1. The maximum atomic E-state index is 13.2. The molecule has 8 nitrogen and oxygen atoms in total. The number of piperidine rings is 1. The van der Waals surface area contributed by atoms with Crippen LogP contribution in [0.2, 0.25) is 0 Å². The highest BCUT2D eigenvalue weighted by atomic mass is 16.5. The van der Waals surface area contributed by atoms with Crippen LogP contribution in [0, 0.1) is 0 Å². The van der Waals surface area contributed by atoms with Crippen LogP contribution in [0.15, 0.2) is 42.4 Å². The number of imide groups is 1. The van der Waals surface area contributed by atoms with Gasteiger partial charge in [0.1, 0.15) is 18.4 Å². The summed E-state index contributed by atoms with van der Waals surface area (Å²) >= 11 is 0. The maximum absolute atomic E-state index is 13.2. The molecule has 2 aromatic carbocycles. The van der Waals surface area contributed by atoms with Crippen molar-refractivity contribution in [1.29, 1.82) is 0 Å². The predicted molar refractivity (Wildman–Crippen MR) is 119 cm³/mol. The standard InChI is InChI=1S/C25H27N3O5/c29-23-9-8-21(24(30)26-23)28-15-20-19(25(28)31)2-1-3-22(20)33-16-18-6-4-17(5-7-18)14-27-10-12-32-13-11-27/h1-7,21H,8-16H2,(H,26,29,30)/t21-/m0/s1/i4D,5D,6D,7D,8D2,9D2. The number of morpholine rings is 1. The monoisotopic (exact) mass is 457 g/mol. The summed E-state index contributed by atoms with van der Waals surface area (Å²) in [5.74, 6) is -3.17. The van der Waals surface area contributed by atoms with Gasteiger partial charge in [-0.25, -0.2) is 0 Å². The molecule has 172 valence electrons. The molecule has 0 saturated carbocycles. The number of amides is 3. The van der Waals surface area contributed by atoms with Crippen LogP contribution in [0.5, 0.6) is 5.75 Å². The number of hydrogen-bond donors (Lipinski definition) is 1. The van der Waals surface area contributed by atoms with Crippen LogP contribution in [0.3, 0.4) is 0 Å². The highest BCUT2D eigenvalue weighted by Crippen LogP contribution is 2.34. The summed E-state index contributed by atoms with van der Waals surface area (Å²) in [6.07, 6.45) is -6.10. The number of ether oxygens (including phenoxy) is 2. The Morgan fingerprint density at radius 2 is 1.88 bits per heavy atom. The van der Waals surface area contributed by atoms with Crippen molar-refractivity contribution >= 4 is 17.7 Å². The minimum absolute atomic E-state index is 0.0132. The van der Waals surface area contributed by atoms with E-state index in [-0.39, 0.29) is 71.9 Å². The first-order valence-corrected chi connectivity index (χ1v) is 10.6. The number of nitrogens with one attached hydrogen (secondary N) is 1. The summed E-state index contributed by atoms with van der Waals surface area (Å²) in [5.41, 5.74) is 0.645. The van der Waals surface area contributed by atoms with E-state index in [9.17, 15) is 14.4 Å². The molecule has 0 aliphatic carbocycles. The molecule has 2 aromatic rings. The Labute approximate surface area is 203 Å². The van der Waals surface area contributed by atoms with Gasteiger partial charge < -0.3 is 14.4 Å². The van der Waals surface area contributed by atoms with Gasteiger partial charge in [0.2, 0.25) is 11.8 Å². The molecule has 8 heteroatoms. The molecule has 33 heavy (non-hydrogen) atoms. The third-order valence-corrected chi connectivity index (χ3v) is 5.66. The highest BCUT2D eigenvalue weighted by Gasteiger charge is 2.40. The van der Waals surface area contributed by atoms with E-state index in [0.717, 1.165) is 4.90 Å². The second-order valence-corrected chi connectivity index (χ2v) is 7.84. The lowest BCUT2D eigenvalue weighted by molar-refractivity contribution is -0.136. The van der Waals surface area contributed by atoms with Crippen LogP contribution in [-0.4, -0.2) is 59.9 Å². The lowest BCUT2D eigenvalue weighted by Crippen LogP contribution is -2.52. The Kier molecular flexibility index (Phi) is 3.99. The maximum Gasteiger partial charge on any atom is 0.255 e. The molecule has 0 unspecified atom stereocenters. The van der Waals surface area contributed by atoms with E-state index in [0.29, 0.717) is 26.3 Å². The van der Waals surface area contributed by atoms with Gasteiger partial charge in [-0.2, -0.15) is 0 Å².